The fourth-order valence-corrected chi connectivity index (χ4v) is 6.00. The van der Waals surface area contributed by atoms with Crippen molar-refractivity contribution < 1.29 is 33.7 Å². The number of benzene rings is 1. The third-order valence-electron chi connectivity index (χ3n) is 7.80. The molecule has 1 saturated heterocycles. The molecule has 1 heterocycles. The third kappa shape index (κ3) is 10.7. The van der Waals surface area contributed by atoms with Crippen LogP contribution in [0.15, 0.2) is 24.3 Å². The molecule has 0 aromatic heterocycles. The van der Waals surface area contributed by atoms with Crippen LogP contribution in [-0.2, 0) is 19.0 Å². The van der Waals surface area contributed by atoms with Gasteiger partial charge in [0.1, 0.15) is 0 Å². The summed E-state index contributed by atoms with van der Waals surface area (Å²) in [6.45, 7) is 4.97. The van der Waals surface area contributed by atoms with Gasteiger partial charge in [0.25, 0.3) is 0 Å². The number of nitrogens with one attached hydrogen (secondary N) is 2. The number of aliphatic hydroxyl groups is 1. The molecule has 1 aromatic rings. The largest absolute Gasteiger partial charge is 0.461 e. The highest BCUT2D eigenvalue weighted by Crippen LogP contribution is 2.34. The van der Waals surface area contributed by atoms with Crippen LogP contribution in [-0.4, -0.2) is 79.7 Å². The van der Waals surface area contributed by atoms with Crippen LogP contribution in [0.2, 0.25) is 5.02 Å². The Labute approximate surface area is 248 Å². The minimum Gasteiger partial charge on any atom is -0.461 e. The number of carbonyl (C=O) groups excluding carboxylic acids is 3. The topological polar surface area (TPSA) is 126 Å². The first-order chi connectivity index (χ1) is 19.7. The molecule has 230 valence electrons. The lowest BCUT2D eigenvalue weighted by Gasteiger charge is -2.38. The van der Waals surface area contributed by atoms with Crippen LogP contribution in [0.4, 0.5) is 9.59 Å². The summed E-state index contributed by atoms with van der Waals surface area (Å²) in [6.07, 6.45) is 4.91. The molecule has 0 radical (unpaired) electrons. The van der Waals surface area contributed by atoms with Crippen molar-refractivity contribution in [3.63, 3.8) is 0 Å². The number of hydrogen-bond acceptors (Lipinski definition) is 7. The molecule has 1 saturated carbocycles. The highest BCUT2D eigenvalue weighted by atomic mass is 35.5. The number of alkyl carbamates (subject to hydrolysis) is 1. The van der Waals surface area contributed by atoms with Crippen LogP contribution < -0.4 is 10.6 Å². The maximum atomic E-state index is 13.6. The van der Waals surface area contributed by atoms with Gasteiger partial charge < -0.3 is 34.9 Å². The van der Waals surface area contributed by atoms with Crippen LogP contribution in [0.25, 0.3) is 0 Å². The first kappa shape index (κ1) is 32.9. The molecule has 1 aromatic carbocycles. The third-order valence-corrected chi connectivity index (χ3v) is 8.04. The first-order valence-electron chi connectivity index (χ1n) is 14.8. The van der Waals surface area contributed by atoms with Gasteiger partial charge in [-0.1, -0.05) is 55.8 Å². The predicted molar refractivity (Wildman–Crippen MR) is 156 cm³/mol. The van der Waals surface area contributed by atoms with E-state index in [-0.39, 0.29) is 37.3 Å². The van der Waals surface area contributed by atoms with E-state index in [2.05, 4.69) is 15.4 Å². The lowest BCUT2D eigenvalue weighted by atomic mass is 9.83. The van der Waals surface area contributed by atoms with Crippen LogP contribution in [0, 0.1) is 11.8 Å². The van der Waals surface area contributed by atoms with Gasteiger partial charge in [-0.15, -0.1) is 0 Å². The minimum absolute atomic E-state index is 0.0290. The average molecular weight is 596 g/mol. The van der Waals surface area contributed by atoms with E-state index in [4.69, 9.17) is 21.1 Å². The van der Waals surface area contributed by atoms with Gasteiger partial charge in [0.15, 0.2) is 6.10 Å². The number of halogens is 1. The van der Waals surface area contributed by atoms with Crippen molar-refractivity contribution in [3.05, 3.63) is 34.9 Å². The molecule has 4 unspecified atom stereocenters. The Morgan fingerprint density at radius 3 is 2.56 bits per heavy atom. The number of urea groups is 1. The molecule has 3 N–H and O–H groups in total. The van der Waals surface area contributed by atoms with Crippen molar-refractivity contribution in [1.29, 1.82) is 0 Å². The zero-order valence-corrected chi connectivity index (χ0v) is 25.2. The molecule has 2 aliphatic rings. The second-order valence-corrected chi connectivity index (χ2v) is 11.8. The van der Waals surface area contributed by atoms with Crippen molar-refractivity contribution in [2.24, 2.45) is 11.8 Å². The number of ether oxygens (including phenoxy) is 3. The maximum absolute atomic E-state index is 13.6. The zero-order chi connectivity index (χ0) is 29.8. The highest BCUT2D eigenvalue weighted by molar-refractivity contribution is 6.30. The molecular weight excluding hydrogens is 550 g/mol. The molecular formula is C30H46ClN3O7. The molecule has 3 amide bonds. The fraction of sp³-hybridized carbons (Fsp3) is 0.700. The van der Waals surface area contributed by atoms with Crippen molar-refractivity contribution >= 4 is 29.7 Å². The summed E-state index contributed by atoms with van der Waals surface area (Å²) in [5.41, 5.74) is 0.893. The molecule has 0 bridgehead atoms. The molecule has 4 atom stereocenters. The van der Waals surface area contributed by atoms with E-state index in [1.54, 1.807) is 24.8 Å². The lowest BCUT2D eigenvalue weighted by Crippen LogP contribution is -2.54. The zero-order valence-electron chi connectivity index (χ0n) is 24.5. The van der Waals surface area contributed by atoms with Gasteiger partial charge in [-0.3, -0.25) is 0 Å². The number of amides is 3. The summed E-state index contributed by atoms with van der Waals surface area (Å²) in [7, 11) is 1.30. The molecule has 3 rings (SSSR count). The Morgan fingerprint density at radius 2 is 1.88 bits per heavy atom. The number of aliphatic hydroxyl groups excluding tert-OH is 1. The van der Waals surface area contributed by atoms with Crippen molar-refractivity contribution in [1.82, 2.24) is 15.5 Å². The standard InChI is InChI=1S/C30H46ClN3O7/c1-20(2)41-28(36)26(35)25(17-21-9-5-4-6-10-21)33-29(37)34-15-8-12-23(19-34)27(22-11-7-13-24(31)18-22)40-16-14-32-30(38)39-3/h7,11,13,18,20-21,23,25-27,35H,4-6,8-10,12,14-17,19H2,1-3H3,(H,32,38)(H,33,37). The Hall–Kier alpha value is -2.56. The highest BCUT2D eigenvalue weighted by Gasteiger charge is 2.36. The molecule has 41 heavy (non-hydrogen) atoms. The Kier molecular flexibility index (Phi) is 13.5. The minimum atomic E-state index is -1.44. The van der Waals surface area contributed by atoms with Crippen LogP contribution in [0.3, 0.4) is 0 Å². The van der Waals surface area contributed by atoms with Gasteiger partial charge in [-0.05, 0) is 56.7 Å². The number of carbonyl (C=O) groups is 3. The van der Waals surface area contributed by atoms with Gasteiger partial charge in [0.05, 0.1) is 32.0 Å². The summed E-state index contributed by atoms with van der Waals surface area (Å²) in [5.74, 6) is -0.407. The van der Waals surface area contributed by atoms with E-state index in [1.165, 1.54) is 13.5 Å². The maximum Gasteiger partial charge on any atom is 0.406 e. The number of likely N-dealkylation sites (tertiary alicyclic amines) is 1. The molecule has 10 nitrogen and oxygen atoms in total. The summed E-state index contributed by atoms with van der Waals surface area (Å²) >= 11 is 6.29. The first-order valence-corrected chi connectivity index (χ1v) is 15.2. The molecule has 2 fully saturated rings. The second-order valence-electron chi connectivity index (χ2n) is 11.3. The van der Waals surface area contributed by atoms with E-state index >= 15 is 0 Å². The molecule has 11 heteroatoms. The quantitative estimate of drug-likeness (QED) is 0.233. The smallest absolute Gasteiger partial charge is 0.406 e. The normalized spacial score (nSPS) is 20.1. The van der Waals surface area contributed by atoms with Gasteiger partial charge in [-0.2, -0.15) is 0 Å². The fourth-order valence-electron chi connectivity index (χ4n) is 5.81. The van der Waals surface area contributed by atoms with E-state index in [1.807, 2.05) is 18.2 Å². The SMILES string of the molecule is COC(=O)NCCOC(c1cccc(Cl)c1)C1CCCN(C(=O)NC(CC2CCCCC2)C(O)C(=O)OC(C)C)C1. The van der Waals surface area contributed by atoms with Crippen LogP contribution in [0.5, 0.6) is 0 Å². The van der Waals surface area contributed by atoms with E-state index in [9.17, 15) is 19.5 Å². The Bertz CT molecular complexity index is 989. The van der Waals surface area contributed by atoms with E-state index < -0.39 is 24.2 Å². The number of rotatable bonds is 12. The lowest BCUT2D eigenvalue weighted by molar-refractivity contribution is -0.159. The second kappa shape index (κ2) is 16.8. The van der Waals surface area contributed by atoms with Gasteiger partial charge in [0, 0.05) is 30.6 Å². The summed E-state index contributed by atoms with van der Waals surface area (Å²) < 4.78 is 16.1. The van der Waals surface area contributed by atoms with E-state index in [0.717, 1.165) is 44.1 Å². The summed E-state index contributed by atoms with van der Waals surface area (Å²) in [4.78, 5) is 39.3. The van der Waals surface area contributed by atoms with Crippen molar-refractivity contribution in [3.8, 4) is 0 Å². The van der Waals surface area contributed by atoms with Crippen LogP contribution in [0.1, 0.15) is 76.9 Å². The Balaban J connectivity index is 1.70. The summed E-state index contributed by atoms with van der Waals surface area (Å²) in [6, 6.07) is 6.41. The monoisotopic (exact) mass is 595 g/mol. The van der Waals surface area contributed by atoms with Crippen molar-refractivity contribution in [2.45, 2.75) is 89.6 Å². The number of nitrogens with zero attached hydrogens (tertiary/aromatic N) is 1. The van der Waals surface area contributed by atoms with Gasteiger partial charge in [-0.25, -0.2) is 14.4 Å². The molecule has 1 aliphatic carbocycles. The number of hydrogen-bond donors (Lipinski definition) is 3. The molecule has 1 aliphatic heterocycles. The average Bonchev–Trinajstić information content (AvgIpc) is 2.96. The van der Waals surface area contributed by atoms with Crippen molar-refractivity contribution in [2.75, 3.05) is 33.4 Å². The number of methoxy groups -OCH3 is 1. The predicted octanol–water partition coefficient (Wildman–Crippen LogP) is 4.83. The number of piperidine rings is 1. The van der Waals surface area contributed by atoms with Crippen LogP contribution >= 0.6 is 11.6 Å². The Morgan fingerprint density at radius 1 is 1.12 bits per heavy atom. The van der Waals surface area contributed by atoms with E-state index in [0.29, 0.717) is 30.5 Å². The summed E-state index contributed by atoms with van der Waals surface area (Å²) in [5, 5.41) is 17.1. The number of esters is 1. The van der Waals surface area contributed by atoms with Gasteiger partial charge in [0.2, 0.25) is 0 Å². The van der Waals surface area contributed by atoms with Gasteiger partial charge >= 0.3 is 18.1 Å². The molecule has 0 spiro atoms.